The molecule has 4 nitrogen and oxygen atoms in total. The summed E-state index contributed by atoms with van der Waals surface area (Å²) in [7, 11) is 0. The third kappa shape index (κ3) is 2.91. The van der Waals surface area contributed by atoms with Crippen molar-refractivity contribution in [2.75, 3.05) is 0 Å². The van der Waals surface area contributed by atoms with Gasteiger partial charge >= 0.3 is 0 Å². The molecule has 1 unspecified atom stereocenters. The number of nitrogens with zero attached hydrogens (tertiary/aromatic N) is 3. The number of hydrogen-bond acceptors (Lipinski definition) is 3. The Hall–Kier alpha value is -1.68. The fourth-order valence-electron chi connectivity index (χ4n) is 1.84. The maximum absolute atomic E-state index is 4.29. The van der Waals surface area contributed by atoms with Gasteiger partial charge in [-0.2, -0.15) is 5.10 Å². The van der Waals surface area contributed by atoms with Crippen LogP contribution in [0.4, 0.5) is 0 Å². The molecule has 1 N–H and O–H groups in total. The molecule has 90 valence electrons. The minimum Gasteiger partial charge on any atom is -0.303 e. The lowest BCUT2D eigenvalue weighted by Crippen LogP contribution is -2.21. The lowest BCUT2D eigenvalue weighted by atomic mass is 10.2. The summed E-state index contributed by atoms with van der Waals surface area (Å²) in [6, 6.07) is 8.29. The first kappa shape index (κ1) is 11.8. The van der Waals surface area contributed by atoms with E-state index in [9.17, 15) is 0 Å². The van der Waals surface area contributed by atoms with E-state index < -0.39 is 0 Å². The first-order valence-electron chi connectivity index (χ1n) is 5.96. The van der Waals surface area contributed by atoms with Gasteiger partial charge in [-0.1, -0.05) is 6.07 Å². The van der Waals surface area contributed by atoms with Gasteiger partial charge in [0.1, 0.15) is 0 Å². The molecular weight excluding hydrogens is 212 g/mol. The molecule has 0 spiro atoms. The molecule has 2 aromatic rings. The summed E-state index contributed by atoms with van der Waals surface area (Å²) < 4.78 is 2.01. The Bertz CT molecular complexity index is 449. The van der Waals surface area contributed by atoms with Gasteiger partial charge in [0.25, 0.3) is 0 Å². The fraction of sp³-hybridized carbons (Fsp3) is 0.385. The summed E-state index contributed by atoms with van der Waals surface area (Å²) in [6.07, 6.45) is 3.66. The topological polar surface area (TPSA) is 42.7 Å². The number of rotatable bonds is 5. The monoisotopic (exact) mass is 230 g/mol. The molecule has 0 saturated heterocycles. The molecule has 17 heavy (non-hydrogen) atoms. The summed E-state index contributed by atoms with van der Waals surface area (Å²) >= 11 is 0. The van der Waals surface area contributed by atoms with Crippen molar-refractivity contribution >= 4 is 0 Å². The summed E-state index contributed by atoms with van der Waals surface area (Å²) in [4.78, 5) is 4.29. The molecule has 0 saturated carbocycles. The van der Waals surface area contributed by atoms with Crippen molar-refractivity contribution in [3.05, 3.63) is 48.0 Å². The van der Waals surface area contributed by atoms with Crippen LogP contribution in [0.3, 0.4) is 0 Å². The number of aryl methyl sites for hydroxylation is 1. The van der Waals surface area contributed by atoms with Crippen LogP contribution in [0.25, 0.3) is 0 Å². The van der Waals surface area contributed by atoms with Gasteiger partial charge in [-0.15, -0.1) is 0 Å². The zero-order chi connectivity index (χ0) is 12.1. The van der Waals surface area contributed by atoms with E-state index >= 15 is 0 Å². The van der Waals surface area contributed by atoms with Gasteiger partial charge in [-0.25, -0.2) is 0 Å². The lowest BCUT2D eigenvalue weighted by Gasteiger charge is -2.14. The van der Waals surface area contributed by atoms with Gasteiger partial charge in [0.15, 0.2) is 0 Å². The van der Waals surface area contributed by atoms with Crippen molar-refractivity contribution < 1.29 is 0 Å². The van der Waals surface area contributed by atoms with Crippen LogP contribution >= 0.6 is 0 Å². The Morgan fingerprint density at radius 1 is 1.29 bits per heavy atom. The van der Waals surface area contributed by atoms with Gasteiger partial charge in [-0.05, 0) is 32.0 Å². The number of aromatic nitrogens is 3. The Balaban J connectivity index is 1.96. The van der Waals surface area contributed by atoms with Crippen molar-refractivity contribution in [3.8, 4) is 0 Å². The van der Waals surface area contributed by atoms with E-state index in [0.29, 0.717) is 0 Å². The standard InChI is InChI=1S/C13H18N4/c1-3-17-13(7-9-16-17)11(2)15-10-12-6-4-5-8-14-12/h4-9,11,15H,3,10H2,1-2H3. The van der Waals surface area contributed by atoms with E-state index in [1.807, 2.05) is 35.3 Å². The highest BCUT2D eigenvalue weighted by Gasteiger charge is 2.09. The van der Waals surface area contributed by atoms with Crippen LogP contribution in [0.5, 0.6) is 0 Å². The van der Waals surface area contributed by atoms with Gasteiger partial charge in [0.05, 0.1) is 11.4 Å². The van der Waals surface area contributed by atoms with Crippen molar-refractivity contribution in [2.24, 2.45) is 0 Å². The summed E-state index contributed by atoms with van der Waals surface area (Å²) in [5.74, 6) is 0. The van der Waals surface area contributed by atoms with Gasteiger partial charge in [0, 0.05) is 31.5 Å². The highest BCUT2D eigenvalue weighted by molar-refractivity contribution is 5.08. The molecule has 0 fully saturated rings. The largest absolute Gasteiger partial charge is 0.303 e. The third-order valence-electron chi connectivity index (χ3n) is 2.81. The van der Waals surface area contributed by atoms with Crippen molar-refractivity contribution in [1.29, 1.82) is 0 Å². The second-order valence-corrected chi connectivity index (χ2v) is 4.00. The first-order chi connectivity index (χ1) is 8.31. The number of pyridine rings is 1. The summed E-state index contributed by atoms with van der Waals surface area (Å²) in [5, 5.41) is 7.72. The molecule has 1 atom stereocenters. The average molecular weight is 230 g/mol. The minimum absolute atomic E-state index is 0.277. The Morgan fingerprint density at radius 2 is 2.18 bits per heavy atom. The van der Waals surface area contributed by atoms with Crippen LogP contribution in [-0.2, 0) is 13.1 Å². The van der Waals surface area contributed by atoms with Gasteiger partial charge in [0.2, 0.25) is 0 Å². The molecule has 0 amide bonds. The zero-order valence-electron chi connectivity index (χ0n) is 10.3. The van der Waals surface area contributed by atoms with Crippen LogP contribution in [-0.4, -0.2) is 14.8 Å². The molecular formula is C13H18N4. The van der Waals surface area contributed by atoms with Crippen LogP contribution in [0.15, 0.2) is 36.7 Å². The minimum atomic E-state index is 0.277. The van der Waals surface area contributed by atoms with Crippen molar-refractivity contribution in [2.45, 2.75) is 33.0 Å². The first-order valence-corrected chi connectivity index (χ1v) is 5.96. The van der Waals surface area contributed by atoms with E-state index in [-0.39, 0.29) is 6.04 Å². The average Bonchev–Trinajstić information content (AvgIpc) is 2.85. The van der Waals surface area contributed by atoms with Crippen molar-refractivity contribution in [1.82, 2.24) is 20.1 Å². The van der Waals surface area contributed by atoms with E-state index in [4.69, 9.17) is 0 Å². The summed E-state index contributed by atoms with van der Waals surface area (Å²) in [5.41, 5.74) is 2.27. The molecule has 4 heteroatoms. The highest BCUT2D eigenvalue weighted by Crippen LogP contribution is 2.11. The molecule has 2 rings (SSSR count). The summed E-state index contributed by atoms with van der Waals surface area (Å²) in [6.45, 7) is 5.92. The molecule has 2 heterocycles. The smallest absolute Gasteiger partial charge is 0.0550 e. The van der Waals surface area contributed by atoms with E-state index in [1.54, 1.807) is 0 Å². The Morgan fingerprint density at radius 3 is 2.88 bits per heavy atom. The van der Waals surface area contributed by atoms with Gasteiger partial charge < -0.3 is 5.32 Å². The predicted molar refractivity (Wildman–Crippen MR) is 67.4 cm³/mol. The predicted octanol–water partition coefficient (Wildman–Crippen LogP) is 2.15. The SMILES string of the molecule is CCn1nccc1C(C)NCc1ccccn1. The molecule has 0 bridgehead atoms. The Kier molecular flexibility index (Phi) is 3.88. The molecule has 0 aliphatic heterocycles. The number of nitrogens with one attached hydrogen (secondary N) is 1. The maximum Gasteiger partial charge on any atom is 0.0550 e. The molecule has 0 radical (unpaired) electrons. The van der Waals surface area contributed by atoms with Crippen LogP contribution in [0.1, 0.15) is 31.3 Å². The molecule has 2 aromatic heterocycles. The van der Waals surface area contributed by atoms with E-state index in [2.05, 4.69) is 35.3 Å². The quantitative estimate of drug-likeness (QED) is 0.855. The lowest BCUT2D eigenvalue weighted by molar-refractivity contribution is 0.506. The maximum atomic E-state index is 4.29. The molecule has 0 aromatic carbocycles. The van der Waals surface area contributed by atoms with Crippen molar-refractivity contribution in [3.63, 3.8) is 0 Å². The van der Waals surface area contributed by atoms with E-state index in [0.717, 1.165) is 18.8 Å². The molecule has 0 aliphatic rings. The molecule has 0 aliphatic carbocycles. The van der Waals surface area contributed by atoms with Crippen LogP contribution in [0, 0.1) is 0 Å². The highest BCUT2D eigenvalue weighted by atomic mass is 15.3. The third-order valence-corrected chi connectivity index (χ3v) is 2.81. The zero-order valence-corrected chi connectivity index (χ0v) is 10.3. The fourth-order valence-corrected chi connectivity index (χ4v) is 1.84. The van der Waals surface area contributed by atoms with Gasteiger partial charge in [-0.3, -0.25) is 9.67 Å². The van der Waals surface area contributed by atoms with Crippen LogP contribution < -0.4 is 5.32 Å². The second kappa shape index (κ2) is 5.59. The Labute approximate surface area is 102 Å². The van der Waals surface area contributed by atoms with E-state index in [1.165, 1.54) is 5.69 Å². The second-order valence-electron chi connectivity index (χ2n) is 4.00. The van der Waals surface area contributed by atoms with Crippen LogP contribution in [0.2, 0.25) is 0 Å². The number of hydrogen-bond donors (Lipinski definition) is 1. The normalized spacial score (nSPS) is 12.6.